The van der Waals surface area contributed by atoms with Gasteiger partial charge in [-0.3, -0.25) is 9.25 Å². The lowest BCUT2D eigenvalue weighted by molar-refractivity contribution is 0.397. The summed E-state index contributed by atoms with van der Waals surface area (Å²) in [6, 6.07) is 6.08. The van der Waals surface area contributed by atoms with E-state index in [2.05, 4.69) is 28.1 Å². The molecule has 6 nitrogen and oxygen atoms in total. The number of aryl methyl sites for hydroxylation is 2. The molecule has 0 saturated heterocycles. The fourth-order valence-electron chi connectivity index (χ4n) is 3.39. The van der Waals surface area contributed by atoms with Gasteiger partial charge in [-0.15, -0.1) is 0 Å². The molecule has 0 aliphatic heterocycles. The average Bonchev–Trinajstić information content (AvgIpc) is 3.15. The molecule has 7 heteroatoms. The van der Waals surface area contributed by atoms with Crippen molar-refractivity contribution in [2.45, 2.75) is 32.7 Å². The zero-order valence-corrected chi connectivity index (χ0v) is 15.5. The van der Waals surface area contributed by atoms with Crippen molar-refractivity contribution in [1.82, 2.24) is 24.3 Å². The van der Waals surface area contributed by atoms with Gasteiger partial charge in [-0.2, -0.15) is 10.1 Å². The number of imidazole rings is 1. The highest BCUT2D eigenvalue weighted by atomic mass is 35.5. The average molecular weight is 370 g/mol. The van der Waals surface area contributed by atoms with Crippen LogP contribution in [0.1, 0.15) is 26.2 Å². The van der Waals surface area contributed by atoms with Crippen LogP contribution in [0.25, 0.3) is 33.2 Å². The van der Waals surface area contributed by atoms with Crippen LogP contribution >= 0.6 is 11.6 Å². The van der Waals surface area contributed by atoms with E-state index in [9.17, 15) is 5.11 Å². The summed E-state index contributed by atoms with van der Waals surface area (Å²) in [6.45, 7) is 2.83. The van der Waals surface area contributed by atoms with E-state index < -0.39 is 0 Å². The van der Waals surface area contributed by atoms with Gasteiger partial charge in [0.05, 0.1) is 22.3 Å². The minimum absolute atomic E-state index is 0.0189. The first-order valence-electron chi connectivity index (χ1n) is 8.76. The van der Waals surface area contributed by atoms with Crippen molar-refractivity contribution in [3.05, 3.63) is 35.6 Å². The number of fused-ring (bicyclic) bond motifs is 2. The summed E-state index contributed by atoms with van der Waals surface area (Å²) >= 11 is 6.53. The lowest BCUT2D eigenvalue weighted by atomic mass is 10.0. The predicted octanol–water partition coefficient (Wildman–Crippen LogP) is 4.53. The molecule has 1 N–H and O–H groups in total. The number of aromatic hydroxyl groups is 1. The maximum atomic E-state index is 10.3. The molecule has 4 rings (SSSR count). The minimum atomic E-state index is -0.0189. The van der Waals surface area contributed by atoms with Gasteiger partial charge in [0, 0.05) is 30.7 Å². The zero-order valence-electron chi connectivity index (χ0n) is 14.8. The summed E-state index contributed by atoms with van der Waals surface area (Å²) in [5, 5.41) is 16.2. The van der Waals surface area contributed by atoms with E-state index in [1.54, 1.807) is 6.20 Å². The molecule has 3 aromatic heterocycles. The predicted molar refractivity (Wildman–Crippen MR) is 103 cm³/mol. The van der Waals surface area contributed by atoms with Gasteiger partial charge in [-0.1, -0.05) is 37.4 Å². The van der Waals surface area contributed by atoms with Crippen molar-refractivity contribution in [3.63, 3.8) is 0 Å². The molecule has 0 unspecified atom stereocenters. The molecule has 1 aromatic carbocycles. The second-order valence-electron chi connectivity index (χ2n) is 6.47. The fraction of sp³-hybridized carbons (Fsp3) is 0.316. The van der Waals surface area contributed by atoms with Crippen LogP contribution in [0.5, 0.6) is 6.01 Å². The maximum Gasteiger partial charge on any atom is 0.296 e. The molecule has 0 radical (unpaired) electrons. The Labute approximate surface area is 156 Å². The van der Waals surface area contributed by atoms with E-state index in [4.69, 9.17) is 11.6 Å². The Balaban J connectivity index is 1.93. The first-order valence-corrected chi connectivity index (χ1v) is 9.13. The van der Waals surface area contributed by atoms with Gasteiger partial charge in [0.25, 0.3) is 6.01 Å². The minimum Gasteiger partial charge on any atom is -0.480 e. The third-order valence-corrected chi connectivity index (χ3v) is 5.01. The first-order chi connectivity index (χ1) is 12.6. The van der Waals surface area contributed by atoms with E-state index in [-0.39, 0.29) is 6.01 Å². The molecule has 0 saturated carbocycles. The number of rotatable bonds is 5. The normalized spacial score (nSPS) is 11.7. The van der Waals surface area contributed by atoms with Crippen LogP contribution < -0.4 is 0 Å². The molecule has 3 heterocycles. The topological polar surface area (TPSA) is 68.8 Å². The first kappa shape index (κ1) is 16.8. The Bertz CT molecular complexity index is 1100. The van der Waals surface area contributed by atoms with Gasteiger partial charge in [0.2, 0.25) is 0 Å². The Morgan fingerprint density at radius 2 is 2.04 bits per heavy atom. The molecule has 0 aliphatic rings. The highest BCUT2D eigenvalue weighted by molar-refractivity contribution is 6.34. The third-order valence-electron chi connectivity index (χ3n) is 4.72. The van der Waals surface area contributed by atoms with Gasteiger partial charge in [0.1, 0.15) is 0 Å². The van der Waals surface area contributed by atoms with Gasteiger partial charge in [0.15, 0.2) is 5.65 Å². The number of pyridine rings is 1. The summed E-state index contributed by atoms with van der Waals surface area (Å²) in [4.78, 5) is 8.52. The van der Waals surface area contributed by atoms with E-state index in [0.29, 0.717) is 17.2 Å². The number of nitrogens with zero attached hydrogens (tertiary/aromatic N) is 5. The van der Waals surface area contributed by atoms with Crippen molar-refractivity contribution in [1.29, 1.82) is 0 Å². The molecule has 0 fully saturated rings. The molecule has 26 heavy (non-hydrogen) atoms. The highest BCUT2D eigenvalue weighted by Gasteiger charge is 2.19. The second-order valence-corrected chi connectivity index (χ2v) is 6.87. The smallest absolute Gasteiger partial charge is 0.296 e. The van der Waals surface area contributed by atoms with Gasteiger partial charge < -0.3 is 5.11 Å². The molecule has 134 valence electrons. The van der Waals surface area contributed by atoms with Crippen LogP contribution in [0.3, 0.4) is 0 Å². The number of aromatic nitrogens is 5. The molecule has 0 atom stereocenters. The Kier molecular flexibility index (Phi) is 4.28. The standard InChI is InChI=1S/C19H20ClN5O/c1-3-4-5-8-25-17-16(14(20)11-21-18(17)23-19(25)26)12-6-7-15-13(9-12)10-22-24(15)2/h6-7,9-11H,3-5,8H2,1-2H3,(H,21,23,26). The summed E-state index contributed by atoms with van der Waals surface area (Å²) in [6.07, 6.45) is 6.58. The summed E-state index contributed by atoms with van der Waals surface area (Å²) < 4.78 is 3.65. The second kappa shape index (κ2) is 6.61. The SMILES string of the molecule is CCCCCn1c(O)nc2ncc(Cl)c(-c3ccc4c(cnn4C)c3)c21. The Hall–Kier alpha value is -2.60. The van der Waals surface area contributed by atoms with Crippen LogP contribution in [0, 0.1) is 0 Å². The monoisotopic (exact) mass is 369 g/mol. The zero-order chi connectivity index (χ0) is 18.3. The van der Waals surface area contributed by atoms with Crippen molar-refractivity contribution in [3.8, 4) is 17.1 Å². The Morgan fingerprint density at radius 1 is 1.19 bits per heavy atom. The molecular weight excluding hydrogens is 350 g/mol. The molecule has 0 bridgehead atoms. The van der Waals surface area contributed by atoms with Crippen LogP contribution in [-0.2, 0) is 13.6 Å². The van der Waals surface area contributed by atoms with Crippen LogP contribution in [0.15, 0.2) is 30.6 Å². The lowest BCUT2D eigenvalue weighted by Crippen LogP contribution is -1.99. The van der Waals surface area contributed by atoms with Crippen molar-refractivity contribution >= 4 is 33.7 Å². The number of benzene rings is 1. The van der Waals surface area contributed by atoms with Crippen LogP contribution in [0.4, 0.5) is 0 Å². The summed E-state index contributed by atoms with van der Waals surface area (Å²) in [5.41, 5.74) is 4.12. The molecule has 0 amide bonds. The van der Waals surface area contributed by atoms with E-state index in [1.165, 1.54) is 0 Å². The largest absolute Gasteiger partial charge is 0.480 e. The van der Waals surface area contributed by atoms with Crippen LogP contribution in [-0.4, -0.2) is 29.4 Å². The molecular formula is C19H20ClN5O. The van der Waals surface area contributed by atoms with Gasteiger partial charge >= 0.3 is 0 Å². The molecule has 0 aliphatic carbocycles. The number of hydrogen-bond acceptors (Lipinski definition) is 4. The highest BCUT2D eigenvalue weighted by Crippen LogP contribution is 2.37. The third kappa shape index (κ3) is 2.70. The molecule has 0 spiro atoms. The quantitative estimate of drug-likeness (QED) is 0.524. The van der Waals surface area contributed by atoms with Gasteiger partial charge in [-0.05, 0) is 24.1 Å². The van der Waals surface area contributed by atoms with E-state index >= 15 is 0 Å². The van der Waals surface area contributed by atoms with Crippen molar-refractivity contribution in [2.75, 3.05) is 0 Å². The van der Waals surface area contributed by atoms with E-state index in [0.717, 1.165) is 46.8 Å². The maximum absolute atomic E-state index is 10.3. The fourth-order valence-corrected chi connectivity index (χ4v) is 3.63. The summed E-state index contributed by atoms with van der Waals surface area (Å²) in [5.74, 6) is 0. The summed E-state index contributed by atoms with van der Waals surface area (Å²) in [7, 11) is 1.92. The number of hydrogen-bond donors (Lipinski definition) is 1. The lowest BCUT2D eigenvalue weighted by Gasteiger charge is -2.11. The van der Waals surface area contributed by atoms with Crippen molar-refractivity contribution < 1.29 is 5.11 Å². The van der Waals surface area contributed by atoms with E-state index in [1.807, 2.05) is 34.6 Å². The van der Waals surface area contributed by atoms with Gasteiger partial charge in [-0.25, -0.2) is 4.98 Å². The van der Waals surface area contributed by atoms with Crippen molar-refractivity contribution in [2.24, 2.45) is 7.05 Å². The number of halogens is 1. The van der Waals surface area contributed by atoms with Crippen LogP contribution in [0.2, 0.25) is 5.02 Å². The number of unbranched alkanes of at least 4 members (excludes halogenated alkanes) is 2. The molecule has 4 aromatic rings. The Morgan fingerprint density at radius 3 is 2.85 bits per heavy atom.